The zero-order valence-corrected chi connectivity index (χ0v) is 12.0. The number of ether oxygens (including phenoxy) is 1. The summed E-state index contributed by atoms with van der Waals surface area (Å²) in [5, 5.41) is 3.91. The normalized spacial score (nSPS) is 10.5. The molecule has 0 amide bonds. The maximum atomic E-state index is 6.09. The Morgan fingerprint density at radius 3 is 2.37 bits per heavy atom. The van der Waals surface area contributed by atoms with Gasteiger partial charge in [-0.1, -0.05) is 30.7 Å². The Hall–Kier alpha value is -1.51. The lowest BCUT2D eigenvalue weighted by Gasteiger charge is -2.09. The molecule has 19 heavy (non-hydrogen) atoms. The van der Waals surface area contributed by atoms with Gasteiger partial charge in [0.05, 0.1) is 0 Å². The van der Waals surface area contributed by atoms with Gasteiger partial charge in [-0.25, -0.2) is 0 Å². The third-order valence-corrected chi connectivity index (χ3v) is 3.31. The van der Waals surface area contributed by atoms with Crippen molar-refractivity contribution in [1.29, 1.82) is 0 Å². The van der Waals surface area contributed by atoms with Crippen LogP contribution in [0.25, 0.3) is 0 Å². The molecule has 3 heteroatoms. The number of benzene rings is 2. The quantitative estimate of drug-likeness (QED) is 0.872. The van der Waals surface area contributed by atoms with Gasteiger partial charge in [-0.05, 0) is 54.9 Å². The van der Waals surface area contributed by atoms with Crippen LogP contribution in [0.5, 0.6) is 11.5 Å². The van der Waals surface area contributed by atoms with E-state index in [-0.39, 0.29) is 0 Å². The van der Waals surface area contributed by atoms with Gasteiger partial charge in [0, 0.05) is 11.6 Å². The van der Waals surface area contributed by atoms with Gasteiger partial charge >= 0.3 is 0 Å². The first kappa shape index (κ1) is 13.9. The van der Waals surface area contributed by atoms with Crippen molar-refractivity contribution in [3.8, 4) is 11.5 Å². The van der Waals surface area contributed by atoms with E-state index in [4.69, 9.17) is 16.3 Å². The number of hydrogen-bond acceptors (Lipinski definition) is 2. The average Bonchev–Trinajstić information content (AvgIpc) is 2.43. The molecule has 0 saturated carbocycles. The molecule has 0 heterocycles. The summed E-state index contributed by atoms with van der Waals surface area (Å²) in [5.74, 6) is 1.66. The van der Waals surface area contributed by atoms with E-state index in [2.05, 4.69) is 24.4 Å². The lowest BCUT2D eigenvalue weighted by Crippen LogP contribution is -2.04. The summed E-state index contributed by atoms with van der Waals surface area (Å²) < 4.78 is 5.83. The minimum atomic E-state index is 0.791. The van der Waals surface area contributed by atoms with Crippen molar-refractivity contribution < 1.29 is 4.74 Å². The van der Waals surface area contributed by atoms with Crippen molar-refractivity contribution in [2.75, 3.05) is 7.05 Å². The van der Waals surface area contributed by atoms with Crippen molar-refractivity contribution >= 4 is 11.6 Å². The van der Waals surface area contributed by atoms with Crippen molar-refractivity contribution in [2.45, 2.75) is 19.9 Å². The maximum absolute atomic E-state index is 6.09. The first-order chi connectivity index (χ1) is 9.22. The van der Waals surface area contributed by atoms with Crippen molar-refractivity contribution in [3.63, 3.8) is 0 Å². The molecular weight excluding hydrogens is 258 g/mol. The highest BCUT2D eigenvalue weighted by molar-refractivity contribution is 6.31. The molecule has 0 aliphatic heterocycles. The van der Waals surface area contributed by atoms with Crippen LogP contribution in [0.1, 0.15) is 18.1 Å². The molecule has 0 fully saturated rings. The first-order valence-corrected chi connectivity index (χ1v) is 6.80. The Balaban J connectivity index is 2.12. The van der Waals surface area contributed by atoms with Crippen LogP contribution in [0.15, 0.2) is 42.5 Å². The Bertz CT molecular complexity index is 537. The van der Waals surface area contributed by atoms with Crippen LogP contribution in [-0.4, -0.2) is 7.05 Å². The van der Waals surface area contributed by atoms with Gasteiger partial charge in [0.15, 0.2) is 0 Å². The van der Waals surface area contributed by atoms with Crippen LogP contribution in [0.3, 0.4) is 0 Å². The number of hydrogen-bond donors (Lipinski definition) is 1. The van der Waals surface area contributed by atoms with E-state index in [0.717, 1.165) is 35.1 Å². The zero-order chi connectivity index (χ0) is 13.7. The molecule has 2 aromatic rings. The molecule has 0 saturated heterocycles. The predicted molar refractivity (Wildman–Crippen MR) is 80.1 cm³/mol. The molecule has 2 aromatic carbocycles. The molecule has 0 spiro atoms. The molecule has 1 N–H and O–H groups in total. The molecule has 2 nitrogen and oxygen atoms in total. The molecule has 0 unspecified atom stereocenters. The Labute approximate surface area is 119 Å². The predicted octanol–water partition coefficient (Wildman–Crippen LogP) is 4.41. The minimum absolute atomic E-state index is 0.791. The lowest BCUT2D eigenvalue weighted by atomic mass is 10.1. The van der Waals surface area contributed by atoms with Crippen LogP contribution in [0.2, 0.25) is 5.02 Å². The molecular formula is C16H18ClNO. The molecule has 0 aromatic heterocycles. The molecule has 100 valence electrons. The zero-order valence-electron chi connectivity index (χ0n) is 11.2. The fourth-order valence-electron chi connectivity index (χ4n) is 1.90. The second-order valence-electron chi connectivity index (χ2n) is 4.38. The van der Waals surface area contributed by atoms with E-state index in [9.17, 15) is 0 Å². The fourth-order valence-corrected chi connectivity index (χ4v) is 2.15. The van der Waals surface area contributed by atoms with Gasteiger partial charge in [0.25, 0.3) is 0 Å². The average molecular weight is 276 g/mol. The number of rotatable bonds is 5. The summed E-state index contributed by atoms with van der Waals surface area (Å²) in [6.45, 7) is 2.94. The largest absolute Gasteiger partial charge is 0.457 e. The van der Waals surface area contributed by atoms with Crippen LogP contribution in [0, 0.1) is 0 Å². The topological polar surface area (TPSA) is 21.3 Å². The van der Waals surface area contributed by atoms with Gasteiger partial charge in [-0.2, -0.15) is 0 Å². The lowest BCUT2D eigenvalue weighted by molar-refractivity contribution is 0.482. The van der Waals surface area contributed by atoms with E-state index in [1.54, 1.807) is 0 Å². The Kier molecular flexibility index (Phi) is 4.83. The SMILES string of the molecule is CCc1cc(Oc2ccc(CNC)cc2)ccc1Cl. The first-order valence-electron chi connectivity index (χ1n) is 6.42. The van der Waals surface area contributed by atoms with Crippen LogP contribution in [0.4, 0.5) is 0 Å². The van der Waals surface area contributed by atoms with Crippen molar-refractivity contribution in [2.24, 2.45) is 0 Å². The third-order valence-electron chi connectivity index (χ3n) is 2.94. The van der Waals surface area contributed by atoms with E-state index < -0.39 is 0 Å². The van der Waals surface area contributed by atoms with Gasteiger partial charge in [0.2, 0.25) is 0 Å². The summed E-state index contributed by atoms with van der Waals surface area (Å²) in [6.07, 6.45) is 0.900. The van der Waals surface area contributed by atoms with Gasteiger partial charge in [0.1, 0.15) is 11.5 Å². The molecule has 0 aliphatic rings. The van der Waals surface area contributed by atoms with Crippen LogP contribution in [-0.2, 0) is 13.0 Å². The summed E-state index contributed by atoms with van der Waals surface area (Å²) in [6, 6.07) is 13.8. The van der Waals surface area contributed by atoms with Crippen molar-refractivity contribution in [1.82, 2.24) is 5.32 Å². The highest BCUT2D eigenvalue weighted by Crippen LogP contribution is 2.26. The van der Waals surface area contributed by atoms with Gasteiger partial charge in [-0.15, -0.1) is 0 Å². The van der Waals surface area contributed by atoms with E-state index in [0.29, 0.717) is 0 Å². The molecule has 0 radical (unpaired) electrons. The van der Waals surface area contributed by atoms with Crippen molar-refractivity contribution in [3.05, 3.63) is 58.6 Å². The maximum Gasteiger partial charge on any atom is 0.127 e. The smallest absolute Gasteiger partial charge is 0.127 e. The van der Waals surface area contributed by atoms with Gasteiger partial charge in [-0.3, -0.25) is 0 Å². The number of halogens is 1. The molecule has 2 rings (SSSR count). The van der Waals surface area contributed by atoms with Crippen LogP contribution < -0.4 is 10.1 Å². The number of nitrogens with one attached hydrogen (secondary N) is 1. The second kappa shape index (κ2) is 6.60. The summed E-state index contributed by atoms with van der Waals surface area (Å²) >= 11 is 6.09. The fraction of sp³-hybridized carbons (Fsp3) is 0.250. The number of aryl methyl sites for hydroxylation is 1. The second-order valence-corrected chi connectivity index (χ2v) is 4.79. The standard InChI is InChI=1S/C16H18ClNO/c1-3-13-10-15(8-9-16(13)17)19-14-6-4-12(5-7-14)11-18-2/h4-10,18H,3,11H2,1-2H3. The summed E-state index contributed by atoms with van der Waals surface area (Å²) in [4.78, 5) is 0. The molecule has 0 atom stereocenters. The molecule has 0 aliphatic carbocycles. The van der Waals surface area contributed by atoms with E-state index in [1.807, 2.05) is 37.4 Å². The summed E-state index contributed by atoms with van der Waals surface area (Å²) in [7, 11) is 1.93. The van der Waals surface area contributed by atoms with Crippen LogP contribution >= 0.6 is 11.6 Å². The third kappa shape index (κ3) is 3.72. The minimum Gasteiger partial charge on any atom is -0.457 e. The van der Waals surface area contributed by atoms with Gasteiger partial charge < -0.3 is 10.1 Å². The highest BCUT2D eigenvalue weighted by atomic mass is 35.5. The van der Waals surface area contributed by atoms with E-state index >= 15 is 0 Å². The highest BCUT2D eigenvalue weighted by Gasteiger charge is 2.02. The van der Waals surface area contributed by atoms with E-state index in [1.165, 1.54) is 5.56 Å². The molecule has 0 bridgehead atoms. The Morgan fingerprint density at radius 2 is 1.74 bits per heavy atom. The Morgan fingerprint density at radius 1 is 1.05 bits per heavy atom. The monoisotopic (exact) mass is 275 g/mol. The summed E-state index contributed by atoms with van der Waals surface area (Å²) in [5.41, 5.74) is 2.34.